The van der Waals surface area contributed by atoms with Gasteiger partial charge in [-0.05, 0) is 6.42 Å². The zero-order valence-corrected chi connectivity index (χ0v) is 10.8. The van der Waals surface area contributed by atoms with Crippen LogP contribution in [-0.2, 0) is 4.74 Å². The van der Waals surface area contributed by atoms with Crippen molar-refractivity contribution in [2.45, 2.75) is 12.5 Å². The lowest BCUT2D eigenvalue weighted by Crippen LogP contribution is -2.37. The van der Waals surface area contributed by atoms with Crippen molar-refractivity contribution in [2.24, 2.45) is 0 Å². The summed E-state index contributed by atoms with van der Waals surface area (Å²) >= 11 is 0. The van der Waals surface area contributed by atoms with Gasteiger partial charge in [0.15, 0.2) is 0 Å². The molecule has 1 aliphatic heterocycles. The quantitative estimate of drug-likeness (QED) is 0.746. The standard InChI is InChI=1S/C10H16N6O3/c1-18-9-14-7(11)13-8(15-9)16-4-3-6(5-16)12-10(17)19-2/h6H,3-5H2,1-2H3,(H,12,17)(H2,11,13,14,15). The highest BCUT2D eigenvalue weighted by molar-refractivity contribution is 5.67. The van der Waals surface area contributed by atoms with Crippen LogP contribution in [0.5, 0.6) is 6.01 Å². The summed E-state index contributed by atoms with van der Waals surface area (Å²) in [6, 6.07) is 0.170. The second kappa shape index (κ2) is 5.55. The Morgan fingerprint density at radius 3 is 2.89 bits per heavy atom. The molecule has 1 aromatic heterocycles. The molecule has 0 spiro atoms. The van der Waals surface area contributed by atoms with Crippen molar-refractivity contribution >= 4 is 18.0 Å². The summed E-state index contributed by atoms with van der Waals surface area (Å²) in [6.07, 6.45) is 0.336. The van der Waals surface area contributed by atoms with Gasteiger partial charge in [0.25, 0.3) is 0 Å². The number of methoxy groups -OCH3 is 2. The molecule has 19 heavy (non-hydrogen) atoms. The summed E-state index contributed by atoms with van der Waals surface area (Å²) in [5, 5.41) is 2.73. The Hall–Kier alpha value is -2.32. The van der Waals surface area contributed by atoms with Gasteiger partial charge < -0.3 is 25.4 Å². The predicted molar refractivity (Wildman–Crippen MR) is 67.0 cm³/mol. The molecular weight excluding hydrogens is 252 g/mol. The fraction of sp³-hybridized carbons (Fsp3) is 0.600. The van der Waals surface area contributed by atoms with E-state index in [1.807, 2.05) is 4.90 Å². The topological polar surface area (TPSA) is 115 Å². The molecule has 0 aromatic carbocycles. The number of hydrogen-bond acceptors (Lipinski definition) is 8. The Balaban J connectivity index is 2.04. The highest BCUT2D eigenvalue weighted by Crippen LogP contribution is 2.18. The fourth-order valence-corrected chi connectivity index (χ4v) is 1.88. The second-order valence-electron chi connectivity index (χ2n) is 4.05. The minimum Gasteiger partial charge on any atom is -0.467 e. The Kier molecular flexibility index (Phi) is 3.83. The third kappa shape index (κ3) is 3.12. The summed E-state index contributed by atoms with van der Waals surface area (Å²) < 4.78 is 9.50. The number of nitrogens with zero attached hydrogens (tertiary/aromatic N) is 4. The number of nitrogen functional groups attached to an aromatic ring is 1. The smallest absolute Gasteiger partial charge is 0.407 e. The van der Waals surface area contributed by atoms with Crippen LogP contribution in [-0.4, -0.2) is 54.4 Å². The van der Waals surface area contributed by atoms with Gasteiger partial charge in [-0.25, -0.2) is 4.79 Å². The first-order chi connectivity index (χ1) is 9.12. The number of aromatic nitrogens is 3. The van der Waals surface area contributed by atoms with Crippen LogP contribution in [0.4, 0.5) is 16.7 Å². The monoisotopic (exact) mass is 268 g/mol. The van der Waals surface area contributed by atoms with E-state index in [1.54, 1.807) is 0 Å². The average molecular weight is 268 g/mol. The fourth-order valence-electron chi connectivity index (χ4n) is 1.88. The first-order valence-corrected chi connectivity index (χ1v) is 5.77. The van der Waals surface area contributed by atoms with Crippen molar-refractivity contribution in [2.75, 3.05) is 37.9 Å². The van der Waals surface area contributed by atoms with Gasteiger partial charge in [0, 0.05) is 13.1 Å². The number of amides is 1. The van der Waals surface area contributed by atoms with Crippen molar-refractivity contribution in [3.8, 4) is 6.01 Å². The van der Waals surface area contributed by atoms with Crippen LogP contribution >= 0.6 is 0 Å². The molecule has 1 saturated heterocycles. The van der Waals surface area contributed by atoms with E-state index in [0.29, 0.717) is 19.0 Å². The molecular formula is C10H16N6O3. The first-order valence-electron chi connectivity index (χ1n) is 5.77. The maximum absolute atomic E-state index is 11.1. The van der Waals surface area contributed by atoms with Crippen LogP contribution in [0.2, 0.25) is 0 Å². The van der Waals surface area contributed by atoms with Gasteiger partial charge in [-0.3, -0.25) is 0 Å². The van der Waals surface area contributed by atoms with Crippen molar-refractivity contribution < 1.29 is 14.3 Å². The number of nitrogens with two attached hydrogens (primary N) is 1. The molecule has 104 valence electrons. The Morgan fingerprint density at radius 1 is 1.42 bits per heavy atom. The SMILES string of the molecule is COC(=O)NC1CCN(c2nc(N)nc(OC)n2)C1. The van der Waals surface area contributed by atoms with E-state index < -0.39 is 6.09 Å². The van der Waals surface area contributed by atoms with Crippen LogP contribution in [0.15, 0.2) is 0 Å². The van der Waals surface area contributed by atoms with E-state index in [2.05, 4.69) is 25.0 Å². The molecule has 0 saturated carbocycles. The molecule has 9 nitrogen and oxygen atoms in total. The van der Waals surface area contributed by atoms with Gasteiger partial charge in [0.2, 0.25) is 11.9 Å². The van der Waals surface area contributed by atoms with Gasteiger partial charge in [-0.1, -0.05) is 0 Å². The molecule has 1 atom stereocenters. The lowest BCUT2D eigenvalue weighted by Gasteiger charge is -2.16. The minimum atomic E-state index is -0.445. The summed E-state index contributed by atoms with van der Waals surface area (Å²) in [4.78, 5) is 25.0. The number of carbonyl (C=O) groups excluding carboxylic acids is 1. The molecule has 0 bridgehead atoms. The molecule has 1 aromatic rings. The van der Waals surface area contributed by atoms with Crippen LogP contribution < -0.4 is 20.7 Å². The van der Waals surface area contributed by atoms with Gasteiger partial charge in [0.05, 0.1) is 20.3 Å². The largest absolute Gasteiger partial charge is 0.467 e. The highest BCUT2D eigenvalue weighted by atomic mass is 16.5. The third-order valence-corrected chi connectivity index (χ3v) is 2.78. The average Bonchev–Trinajstić information content (AvgIpc) is 2.86. The zero-order valence-electron chi connectivity index (χ0n) is 10.8. The van der Waals surface area contributed by atoms with Gasteiger partial charge in [-0.2, -0.15) is 15.0 Å². The Labute approximate surface area is 110 Å². The van der Waals surface area contributed by atoms with Crippen LogP contribution in [0.3, 0.4) is 0 Å². The van der Waals surface area contributed by atoms with Crippen LogP contribution in [0.1, 0.15) is 6.42 Å². The molecule has 1 unspecified atom stereocenters. The molecule has 9 heteroatoms. The second-order valence-corrected chi connectivity index (χ2v) is 4.05. The number of anilines is 2. The van der Waals surface area contributed by atoms with Crippen molar-refractivity contribution in [1.29, 1.82) is 0 Å². The van der Waals surface area contributed by atoms with Crippen molar-refractivity contribution in [3.63, 3.8) is 0 Å². The maximum atomic E-state index is 11.1. The Morgan fingerprint density at radius 2 is 2.21 bits per heavy atom. The molecule has 0 aliphatic carbocycles. The molecule has 0 radical (unpaired) electrons. The molecule has 1 fully saturated rings. The van der Waals surface area contributed by atoms with E-state index in [4.69, 9.17) is 10.5 Å². The maximum Gasteiger partial charge on any atom is 0.407 e. The molecule has 2 rings (SSSR count). The van der Waals surface area contributed by atoms with Gasteiger partial charge in [0.1, 0.15) is 0 Å². The van der Waals surface area contributed by atoms with Crippen LogP contribution in [0, 0.1) is 0 Å². The highest BCUT2D eigenvalue weighted by Gasteiger charge is 2.26. The van der Waals surface area contributed by atoms with E-state index in [0.717, 1.165) is 6.42 Å². The molecule has 1 aliphatic rings. The lowest BCUT2D eigenvalue weighted by molar-refractivity contribution is 0.167. The molecule has 3 N–H and O–H groups in total. The summed E-state index contributed by atoms with van der Waals surface area (Å²) in [5.74, 6) is 0.546. The molecule has 1 amide bonds. The minimum absolute atomic E-state index is 0.00330. The van der Waals surface area contributed by atoms with E-state index in [9.17, 15) is 4.79 Å². The zero-order chi connectivity index (χ0) is 13.8. The van der Waals surface area contributed by atoms with Gasteiger partial charge in [-0.15, -0.1) is 0 Å². The van der Waals surface area contributed by atoms with E-state index >= 15 is 0 Å². The number of ether oxygens (including phenoxy) is 2. The first kappa shape index (κ1) is 13.1. The number of carbonyl (C=O) groups is 1. The Bertz CT molecular complexity index is 469. The van der Waals surface area contributed by atoms with E-state index in [-0.39, 0.29) is 18.0 Å². The molecule has 2 heterocycles. The normalized spacial score (nSPS) is 18.2. The van der Waals surface area contributed by atoms with Crippen molar-refractivity contribution in [1.82, 2.24) is 20.3 Å². The lowest BCUT2D eigenvalue weighted by atomic mass is 10.3. The summed E-state index contributed by atoms with van der Waals surface area (Å²) in [5.41, 5.74) is 5.58. The van der Waals surface area contributed by atoms with Crippen LogP contribution in [0.25, 0.3) is 0 Å². The third-order valence-electron chi connectivity index (χ3n) is 2.78. The number of hydrogen-bond donors (Lipinski definition) is 2. The van der Waals surface area contributed by atoms with Crippen molar-refractivity contribution in [3.05, 3.63) is 0 Å². The number of alkyl carbamates (subject to hydrolysis) is 1. The summed E-state index contributed by atoms with van der Waals surface area (Å²) in [7, 11) is 2.80. The van der Waals surface area contributed by atoms with E-state index in [1.165, 1.54) is 14.2 Å². The summed E-state index contributed by atoms with van der Waals surface area (Å²) in [6.45, 7) is 1.29. The number of nitrogens with one attached hydrogen (secondary N) is 1. The van der Waals surface area contributed by atoms with Gasteiger partial charge >= 0.3 is 12.1 Å². The number of rotatable bonds is 3. The predicted octanol–water partition coefficient (Wildman–Crippen LogP) is -0.603.